The van der Waals surface area contributed by atoms with E-state index in [1.54, 1.807) is 30.7 Å². The van der Waals surface area contributed by atoms with Crippen molar-refractivity contribution < 1.29 is 17.9 Å². The minimum Gasteiger partial charge on any atom is -0.497 e. The normalized spacial score (nSPS) is 15.7. The number of aryl methyl sites for hydroxylation is 1. The van der Waals surface area contributed by atoms with Crippen molar-refractivity contribution in [3.63, 3.8) is 0 Å². The van der Waals surface area contributed by atoms with E-state index in [9.17, 15) is 8.42 Å². The van der Waals surface area contributed by atoms with Crippen LogP contribution in [0.4, 0.5) is 5.69 Å². The van der Waals surface area contributed by atoms with Crippen LogP contribution in [0.3, 0.4) is 0 Å². The lowest BCUT2D eigenvalue weighted by Crippen LogP contribution is -2.48. The van der Waals surface area contributed by atoms with Gasteiger partial charge in [0.1, 0.15) is 11.5 Å². The highest BCUT2D eigenvalue weighted by Crippen LogP contribution is 2.33. The van der Waals surface area contributed by atoms with Crippen LogP contribution < -0.4 is 14.4 Å². The van der Waals surface area contributed by atoms with E-state index in [1.165, 1.54) is 0 Å². The summed E-state index contributed by atoms with van der Waals surface area (Å²) in [6.45, 7) is 3.86. The van der Waals surface area contributed by atoms with Gasteiger partial charge in [0.05, 0.1) is 24.8 Å². The molecule has 2 aromatic rings. The second-order valence-corrected chi connectivity index (χ2v) is 8.10. The summed E-state index contributed by atoms with van der Waals surface area (Å²) in [6, 6.07) is 12.7. The van der Waals surface area contributed by atoms with Crippen molar-refractivity contribution in [1.29, 1.82) is 0 Å². The van der Waals surface area contributed by atoms with Crippen molar-refractivity contribution in [1.82, 2.24) is 4.31 Å². The number of anilines is 1. The summed E-state index contributed by atoms with van der Waals surface area (Å²) in [5.74, 6) is 1.50. The molecule has 2 aromatic carbocycles. The van der Waals surface area contributed by atoms with E-state index in [1.807, 2.05) is 37.3 Å². The Balaban J connectivity index is 1.79. The van der Waals surface area contributed by atoms with Gasteiger partial charge in [-0.3, -0.25) is 0 Å². The lowest BCUT2D eigenvalue weighted by molar-refractivity contribution is 0.376. The first kappa shape index (κ1) is 18.5. The highest BCUT2D eigenvalue weighted by molar-refractivity contribution is 7.89. The lowest BCUT2D eigenvalue weighted by Gasteiger charge is -2.36. The lowest BCUT2D eigenvalue weighted by atomic mass is 10.2. The van der Waals surface area contributed by atoms with Gasteiger partial charge in [-0.2, -0.15) is 4.31 Å². The molecular weight excluding hydrogens is 352 g/mol. The molecule has 26 heavy (non-hydrogen) atoms. The van der Waals surface area contributed by atoms with Crippen molar-refractivity contribution >= 4 is 15.7 Å². The Morgan fingerprint density at radius 3 is 2.23 bits per heavy atom. The standard InChI is InChI=1S/C19H24N2O4S/c1-15-6-4-5-7-19(15)26(22,23)21-12-10-20(11-13-21)17-14-16(24-2)8-9-18(17)25-3/h4-9,14H,10-13H2,1-3H3. The van der Waals surface area contributed by atoms with Gasteiger partial charge in [-0.25, -0.2) is 8.42 Å². The van der Waals surface area contributed by atoms with Crippen LogP contribution in [0.5, 0.6) is 11.5 Å². The molecule has 3 rings (SSSR count). The number of hydrogen-bond acceptors (Lipinski definition) is 5. The molecule has 0 spiro atoms. The summed E-state index contributed by atoms with van der Waals surface area (Å²) in [4.78, 5) is 2.51. The van der Waals surface area contributed by atoms with Crippen molar-refractivity contribution in [3.8, 4) is 11.5 Å². The molecule has 1 aliphatic rings. The molecular formula is C19H24N2O4S. The number of sulfonamides is 1. The molecule has 1 heterocycles. The third-order valence-electron chi connectivity index (χ3n) is 4.68. The number of rotatable bonds is 5. The predicted octanol–water partition coefficient (Wildman–Crippen LogP) is 2.52. The maximum atomic E-state index is 12.9. The topological polar surface area (TPSA) is 59.1 Å². The van der Waals surface area contributed by atoms with Crippen LogP contribution in [0.15, 0.2) is 47.4 Å². The number of nitrogens with zero attached hydrogens (tertiary/aromatic N) is 2. The van der Waals surface area contributed by atoms with Crippen molar-refractivity contribution in [2.75, 3.05) is 45.3 Å². The number of hydrogen-bond donors (Lipinski definition) is 0. The van der Waals surface area contributed by atoms with E-state index in [2.05, 4.69) is 4.90 Å². The van der Waals surface area contributed by atoms with Crippen LogP contribution in [0.2, 0.25) is 0 Å². The molecule has 6 nitrogen and oxygen atoms in total. The van der Waals surface area contributed by atoms with Gasteiger partial charge in [0, 0.05) is 32.2 Å². The molecule has 1 aliphatic heterocycles. The van der Waals surface area contributed by atoms with E-state index < -0.39 is 10.0 Å². The van der Waals surface area contributed by atoms with Crippen LogP contribution in [-0.2, 0) is 10.0 Å². The second-order valence-electron chi connectivity index (χ2n) is 6.19. The monoisotopic (exact) mass is 376 g/mol. The smallest absolute Gasteiger partial charge is 0.243 e. The average molecular weight is 376 g/mol. The first-order valence-electron chi connectivity index (χ1n) is 8.50. The quantitative estimate of drug-likeness (QED) is 0.803. The third-order valence-corrected chi connectivity index (χ3v) is 6.74. The first-order valence-corrected chi connectivity index (χ1v) is 9.94. The number of methoxy groups -OCH3 is 2. The van der Waals surface area contributed by atoms with E-state index in [4.69, 9.17) is 9.47 Å². The van der Waals surface area contributed by atoms with Crippen LogP contribution >= 0.6 is 0 Å². The molecule has 0 N–H and O–H groups in total. The molecule has 1 saturated heterocycles. The molecule has 0 bridgehead atoms. The molecule has 0 aromatic heterocycles. The molecule has 0 atom stereocenters. The van der Waals surface area contributed by atoms with Crippen molar-refractivity contribution in [2.45, 2.75) is 11.8 Å². The fourth-order valence-electron chi connectivity index (χ4n) is 3.20. The highest BCUT2D eigenvalue weighted by atomic mass is 32.2. The van der Waals surface area contributed by atoms with Crippen LogP contribution in [-0.4, -0.2) is 53.1 Å². The minimum atomic E-state index is -3.48. The molecule has 140 valence electrons. The zero-order valence-electron chi connectivity index (χ0n) is 15.3. The van der Waals surface area contributed by atoms with Gasteiger partial charge in [0.2, 0.25) is 10.0 Å². The summed E-state index contributed by atoms with van der Waals surface area (Å²) in [7, 11) is -0.224. The molecule has 0 amide bonds. The van der Waals surface area contributed by atoms with E-state index in [0.29, 0.717) is 31.1 Å². The number of piperazine rings is 1. The summed E-state index contributed by atoms with van der Waals surface area (Å²) < 4.78 is 38.2. The molecule has 1 fully saturated rings. The average Bonchev–Trinajstić information content (AvgIpc) is 2.67. The fraction of sp³-hybridized carbons (Fsp3) is 0.368. The summed E-state index contributed by atoms with van der Waals surface area (Å²) in [5.41, 5.74) is 1.68. The van der Waals surface area contributed by atoms with Gasteiger partial charge in [0.15, 0.2) is 0 Å². The van der Waals surface area contributed by atoms with Gasteiger partial charge >= 0.3 is 0 Å². The summed E-state index contributed by atoms with van der Waals surface area (Å²) in [6.07, 6.45) is 0. The Morgan fingerprint density at radius 2 is 1.62 bits per heavy atom. The van der Waals surface area contributed by atoms with E-state index in [0.717, 1.165) is 22.7 Å². The maximum Gasteiger partial charge on any atom is 0.243 e. The zero-order valence-corrected chi connectivity index (χ0v) is 16.1. The van der Waals surface area contributed by atoms with Crippen LogP contribution in [0.25, 0.3) is 0 Å². The van der Waals surface area contributed by atoms with Crippen LogP contribution in [0.1, 0.15) is 5.56 Å². The van der Waals surface area contributed by atoms with Crippen LogP contribution in [0, 0.1) is 6.92 Å². The zero-order chi connectivity index (χ0) is 18.7. The Bertz CT molecular complexity index is 875. The molecule has 7 heteroatoms. The largest absolute Gasteiger partial charge is 0.497 e. The Labute approximate surface area is 155 Å². The van der Waals surface area contributed by atoms with Gasteiger partial charge in [0.25, 0.3) is 0 Å². The summed E-state index contributed by atoms with van der Waals surface area (Å²) in [5, 5.41) is 0. The molecule has 0 radical (unpaired) electrons. The van der Waals surface area contributed by atoms with E-state index in [-0.39, 0.29) is 0 Å². The molecule has 0 saturated carbocycles. The second kappa shape index (κ2) is 7.55. The van der Waals surface area contributed by atoms with Gasteiger partial charge < -0.3 is 14.4 Å². The van der Waals surface area contributed by atoms with Gasteiger partial charge in [-0.1, -0.05) is 18.2 Å². The van der Waals surface area contributed by atoms with Crippen molar-refractivity contribution in [2.24, 2.45) is 0 Å². The Morgan fingerprint density at radius 1 is 0.923 bits per heavy atom. The van der Waals surface area contributed by atoms with Gasteiger partial charge in [-0.15, -0.1) is 0 Å². The molecule has 0 unspecified atom stereocenters. The minimum absolute atomic E-state index is 0.382. The molecule has 0 aliphatic carbocycles. The summed E-state index contributed by atoms with van der Waals surface area (Å²) >= 11 is 0. The number of benzene rings is 2. The van der Waals surface area contributed by atoms with Gasteiger partial charge in [-0.05, 0) is 30.7 Å². The first-order chi connectivity index (χ1) is 12.5. The Hall–Kier alpha value is -2.25. The van der Waals surface area contributed by atoms with Crippen molar-refractivity contribution in [3.05, 3.63) is 48.0 Å². The Kier molecular flexibility index (Phi) is 5.38. The SMILES string of the molecule is COc1ccc(OC)c(N2CCN(S(=O)(=O)c3ccccc3C)CC2)c1. The fourth-order valence-corrected chi connectivity index (χ4v) is 4.85. The third kappa shape index (κ3) is 3.50. The van der Waals surface area contributed by atoms with E-state index >= 15 is 0 Å². The number of ether oxygens (including phenoxy) is 2. The highest BCUT2D eigenvalue weighted by Gasteiger charge is 2.30. The maximum absolute atomic E-state index is 12.9. The predicted molar refractivity (Wildman–Crippen MR) is 102 cm³/mol.